The van der Waals surface area contributed by atoms with Gasteiger partial charge in [0, 0.05) is 23.3 Å². The summed E-state index contributed by atoms with van der Waals surface area (Å²) in [6, 6.07) is 8.46. The summed E-state index contributed by atoms with van der Waals surface area (Å²) in [5.74, 6) is 0. The second-order valence-electron chi connectivity index (χ2n) is 5.26. The van der Waals surface area contributed by atoms with Crippen LogP contribution >= 0.6 is 15.9 Å². The molecule has 0 unspecified atom stereocenters. The predicted octanol–water partition coefficient (Wildman–Crippen LogP) is 3.96. The molecule has 0 fully saturated rings. The molecular formula is C17H15BrN2O3S. The van der Waals surface area contributed by atoms with E-state index in [4.69, 9.17) is 4.74 Å². The van der Waals surface area contributed by atoms with E-state index in [0.717, 1.165) is 10.9 Å². The average Bonchev–Trinajstić information content (AvgIpc) is 2.91. The maximum absolute atomic E-state index is 13.0. The Morgan fingerprint density at radius 3 is 2.62 bits per heavy atom. The molecular weight excluding hydrogens is 392 g/mol. The van der Waals surface area contributed by atoms with Crippen molar-refractivity contribution in [3.63, 3.8) is 0 Å². The largest absolute Gasteiger partial charge is 0.504 e. The summed E-state index contributed by atoms with van der Waals surface area (Å²) in [5, 5.41) is 0.724. The van der Waals surface area contributed by atoms with Gasteiger partial charge in [0.2, 0.25) is 0 Å². The zero-order valence-corrected chi connectivity index (χ0v) is 15.5. The molecule has 0 aliphatic rings. The van der Waals surface area contributed by atoms with Crippen LogP contribution in [0.15, 0.2) is 58.5 Å². The molecule has 5 nitrogen and oxygen atoms in total. The minimum Gasteiger partial charge on any atom is -0.504 e. The highest BCUT2D eigenvalue weighted by Crippen LogP contribution is 2.28. The molecule has 0 spiro atoms. The molecule has 7 heteroatoms. The Hall–Kier alpha value is -2.12. The van der Waals surface area contributed by atoms with E-state index in [1.807, 2.05) is 6.92 Å². The summed E-state index contributed by atoms with van der Waals surface area (Å²) in [5.41, 5.74) is 2.26. The van der Waals surface area contributed by atoms with E-state index < -0.39 is 10.0 Å². The van der Waals surface area contributed by atoms with Crippen molar-refractivity contribution in [3.05, 3.63) is 64.7 Å². The SMILES string of the molecule is CO/C=C/c1cn(S(=O)(=O)c2ccc(C)cc2)c2cc(Br)ncc12. The molecule has 2 heterocycles. The molecule has 3 aromatic rings. The molecule has 24 heavy (non-hydrogen) atoms. The van der Waals surface area contributed by atoms with Gasteiger partial charge in [0.25, 0.3) is 10.0 Å². The molecule has 0 atom stereocenters. The van der Waals surface area contributed by atoms with Crippen molar-refractivity contribution in [2.45, 2.75) is 11.8 Å². The minimum absolute atomic E-state index is 0.236. The van der Waals surface area contributed by atoms with Gasteiger partial charge in [0.1, 0.15) is 4.60 Å². The zero-order valence-electron chi connectivity index (χ0n) is 13.1. The van der Waals surface area contributed by atoms with Gasteiger partial charge >= 0.3 is 0 Å². The van der Waals surface area contributed by atoms with Crippen LogP contribution in [0.25, 0.3) is 17.0 Å². The molecule has 0 saturated heterocycles. The number of halogens is 1. The zero-order chi connectivity index (χ0) is 17.3. The van der Waals surface area contributed by atoms with Crippen LogP contribution in [0.1, 0.15) is 11.1 Å². The molecule has 0 N–H and O–H groups in total. The van der Waals surface area contributed by atoms with Gasteiger partial charge in [-0.25, -0.2) is 17.4 Å². The van der Waals surface area contributed by atoms with Crippen LogP contribution in [0.5, 0.6) is 0 Å². The quantitative estimate of drug-likeness (QED) is 0.485. The maximum atomic E-state index is 13.0. The first-order chi connectivity index (χ1) is 11.4. The fourth-order valence-corrected chi connectivity index (χ4v) is 4.08. The molecule has 124 valence electrons. The molecule has 0 aliphatic carbocycles. The van der Waals surface area contributed by atoms with Gasteiger partial charge in [-0.1, -0.05) is 17.7 Å². The number of benzene rings is 1. The Morgan fingerprint density at radius 2 is 1.96 bits per heavy atom. The van der Waals surface area contributed by atoms with Crippen LogP contribution in [-0.2, 0) is 14.8 Å². The second-order valence-corrected chi connectivity index (χ2v) is 7.89. The van der Waals surface area contributed by atoms with Crippen LogP contribution < -0.4 is 0 Å². The van der Waals surface area contributed by atoms with Gasteiger partial charge in [-0.15, -0.1) is 0 Å². The molecule has 0 saturated carbocycles. The van der Waals surface area contributed by atoms with Crippen LogP contribution in [0.2, 0.25) is 0 Å². The smallest absolute Gasteiger partial charge is 0.268 e. The fraction of sp³-hybridized carbons (Fsp3) is 0.118. The van der Waals surface area contributed by atoms with Crippen molar-refractivity contribution < 1.29 is 13.2 Å². The Bertz CT molecular complexity index is 1020. The van der Waals surface area contributed by atoms with Crippen LogP contribution in [-0.4, -0.2) is 24.5 Å². The Balaban J connectivity index is 2.26. The van der Waals surface area contributed by atoms with E-state index in [1.165, 1.54) is 17.3 Å². The number of ether oxygens (including phenoxy) is 1. The third kappa shape index (κ3) is 2.97. The van der Waals surface area contributed by atoms with Gasteiger partial charge < -0.3 is 4.74 Å². The summed E-state index contributed by atoms with van der Waals surface area (Å²) in [7, 11) is -2.17. The van der Waals surface area contributed by atoms with Gasteiger partial charge in [-0.05, 0) is 47.1 Å². The molecule has 2 aromatic heterocycles. The first-order valence-corrected chi connectivity index (χ1v) is 9.35. The van der Waals surface area contributed by atoms with E-state index in [9.17, 15) is 8.42 Å². The Labute approximate surface area is 148 Å². The Morgan fingerprint density at radius 1 is 1.25 bits per heavy atom. The third-order valence-corrected chi connectivity index (χ3v) is 5.74. The number of methoxy groups -OCH3 is 1. The summed E-state index contributed by atoms with van der Waals surface area (Å²) in [4.78, 5) is 4.43. The number of hydrogen-bond donors (Lipinski definition) is 0. The van der Waals surface area contributed by atoms with Crippen molar-refractivity contribution in [1.29, 1.82) is 0 Å². The van der Waals surface area contributed by atoms with Gasteiger partial charge in [0.05, 0.1) is 23.8 Å². The average molecular weight is 407 g/mol. The molecule has 1 aromatic carbocycles. The lowest BCUT2D eigenvalue weighted by atomic mass is 10.2. The van der Waals surface area contributed by atoms with E-state index in [2.05, 4.69) is 20.9 Å². The van der Waals surface area contributed by atoms with E-state index >= 15 is 0 Å². The molecule has 0 bridgehead atoms. The van der Waals surface area contributed by atoms with Crippen molar-refractivity contribution in [1.82, 2.24) is 8.96 Å². The lowest BCUT2D eigenvalue weighted by Gasteiger charge is -2.08. The first kappa shape index (κ1) is 16.7. The minimum atomic E-state index is -3.71. The van der Waals surface area contributed by atoms with Crippen LogP contribution in [0.3, 0.4) is 0 Å². The van der Waals surface area contributed by atoms with E-state index in [1.54, 1.807) is 48.8 Å². The number of pyridine rings is 1. The topological polar surface area (TPSA) is 61.2 Å². The lowest BCUT2D eigenvalue weighted by molar-refractivity contribution is 0.341. The first-order valence-electron chi connectivity index (χ1n) is 7.11. The summed E-state index contributed by atoms with van der Waals surface area (Å²) in [6.07, 6.45) is 6.41. The van der Waals surface area contributed by atoms with Gasteiger partial charge in [0.15, 0.2) is 0 Å². The van der Waals surface area contributed by atoms with Gasteiger partial charge in [-0.2, -0.15) is 0 Å². The summed E-state index contributed by atoms with van der Waals surface area (Å²) < 4.78 is 32.8. The standard InChI is InChI=1S/C17H15BrN2O3S/c1-12-3-5-14(6-4-12)24(21,22)20-11-13(7-8-23-2)15-10-19-17(18)9-16(15)20/h3-11H,1-2H3/b8-7+. The number of hydrogen-bond acceptors (Lipinski definition) is 4. The Kier molecular flexibility index (Phi) is 4.47. The van der Waals surface area contributed by atoms with E-state index in [-0.39, 0.29) is 4.90 Å². The molecule has 0 aliphatic heterocycles. The summed E-state index contributed by atoms with van der Waals surface area (Å²) in [6.45, 7) is 1.91. The highest BCUT2D eigenvalue weighted by atomic mass is 79.9. The normalized spacial score (nSPS) is 12.1. The number of aromatic nitrogens is 2. The van der Waals surface area contributed by atoms with Crippen molar-refractivity contribution in [3.8, 4) is 0 Å². The predicted molar refractivity (Wildman–Crippen MR) is 97.2 cm³/mol. The molecule has 0 amide bonds. The third-order valence-electron chi connectivity index (χ3n) is 3.62. The highest BCUT2D eigenvalue weighted by molar-refractivity contribution is 9.10. The number of aryl methyl sites for hydroxylation is 1. The van der Waals surface area contributed by atoms with Gasteiger partial charge in [-0.3, -0.25) is 0 Å². The lowest BCUT2D eigenvalue weighted by Crippen LogP contribution is -2.11. The van der Waals surface area contributed by atoms with Crippen molar-refractivity contribution in [2.75, 3.05) is 7.11 Å². The monoisotopic (exact) mass is 406 g/mol. The number of fused-ring (bicyclic) bond motifs is 1. The van der Waals surface area contributed by atoms with Crippen LogP contribution in [0, 0.1) is 6.92 Å². The fourth-order valence-electron chi connectivity index (χ4n) is 2.39. The number of nitrogens with zero attached hydrogens (tertiary/aromatic N) is 2. The number of rotatable bonds is 4. The second kappa shape index (κ2) is 6.41. The van der Waals surface area contributed by atoms with Crippen molar-refractivity contribution >= 4 is 42.9 Å². The van der Waals surface area contributed by atoms with Crippen LogP contribution in [0.4, 0.5) is 0 Å². The van der Waals surface area contributed by atoms with Crippen molar-refractivity contribution in [2.24, 2.45) is 0 Å². The van der Waals surface area contributed by atoms with E-state index in [0.29, 0.717) is 15.7 Å². The maximum Gasteiger partial charge on any atom is 0.268 e. The molecule has 0 radical (unpaired) electrons. The molecule has 3 rings (SSSR count). The summed E-state index contributed by atoms with van der Waals surface area (Å²) >= 11 is 3.30. The highest BCUT2D eigenvalue weighted by Gasteiger charge is 2.21.